The SMILES string of the molecule is c1ccc(N2CCC(Nc3ncnc4sccc34)C2)cc1. The summed E-state index contributed by atoms with van der Waals surface area (Å²) in [5.74, 6) is 0.959. The minimum atomic E-state index is 0.434. The molecule has 1 aliphatic rings. The zero-order valence-corrected chi connectivity index (χ0v) is 12.4. The van der Waals surface area contributed by atoms with Gasteiger partial charge in [-0.15, -0.1) is 11.3 Å². The molecule has 106 valence electrons. The smallest absolute Gasteiger partial charge is 0.138 e. The Morgan fingerprint density at radius 2 is 2.05 bits per heavy atom. The number of thiophene rings is 1. The van der Waals surface area contributed by atoms with E-state index < -0.39 is 0 Å². The molecule has 0 saturated carbocycles. The summed E-state index contributed by atoms with van der Waals surface area (Å²) in [6.07, 6.45) is 2.77. The van der Waals surface area contributed by atoms with Crippen LogP contribution in [0, 0.1) is 0 Å². The van der Waals surface area contributed by atoms with Gasteiger partial charge in [0, 0.05) is 24.8 Å². The minimum Gasteiger partial charge on any atom is -0.369 e. The molecule has 4 rings (SSSR count). The standard InChI is InChI=1S/C16H16N4S/c1-2-4-13(5-3-1)20-8-6-12(10-20)19-15-14-7-9-21-16(14)18-11-17-15/h1-5,7,9,11-12H,6,8,10H2,(H,17,18,19). The van der Waals surface area contributed by atoms with Crippen LogP contribution in [0.5, 0.6) is 0 Å². The highest BCUT2D eigenvalue weighted by atomic mass is 32.1. The number of rotatable bonds is 3. The molecule has 0 bridgehead atoms. The van der Waals surface area contributed by atoms with Gasteiger partial charge in [-0.05, 0) is 30.0 Å². The number of benzene rings is 1. The van der Waals surface area contributed by atoms with E-state index in [1.54, 1.807) is 17.7 Å². The molecule has 1 fully saturated rings. The molecule has 0 spiro atoms. The van der Waals surface area contributed by atoms with E-state index in [-0.39, 0.29) is 0 Å². The third-order valence-corrected chi connectivity index (χ3v) is 4.73. The molecule has 3 heterocycles. The lowest BCUT2D eigenvalue weighted by Crippen LogP contribution is -2.26. The normalized spacial score (nSPS) is 18.3. The van der Waals surface area contributed by atoms with Crippen LogP contribution in [0.25, 0.3) is 10.2 Å². The van der Waals surface area contributed by atoms with Crippen molar-refractivity contribution in [2.45, 2.75) is 12.5 Å². The summed E-state index contributed by atoms with van der Waals surface area (Å²) in [6, 6.07) is 13.1. The van der Waals surface area contributed by atoms with Gasteiger partial charge in [0.05, 0.1) is 5.39 Å². The van der Waals surface area contributed by atoms with Crippen molar-refractivity contribution in [3.8, 4) is 0 Å². The zero-order valence-electron chi connectivity index (χ0n) is 11.6. The highest BCUT2D eigenvalue weighted by Crippen LogP contribution is 2.26. The molecule has 5 heteroatoms. The van der Waals surface area contributed by atoms with Gasteiger partial charge in [-0.1, -0.05) is 18.2 Å². The van der Waals surface area contributed by atoms with Gasteiger partial charge < -0.3 is 10.2 Å². The van der Waals surface area contributed by atoms with Crippen LogP contribution >= 0.6 is 11.3 Å². The highest BCUT2D eigenvalue weighted by molar-refractivity contribution is 7.16. The van der Waals surface area contributed by atoms with Crippen LogP contribution in [0.15, 0.2) is 48.1 Å². The Balaban J connectivity index is 1.50. The van der Waals surface area contributed by atoms with Crippen LogP contribution in [0.2, 0.25) is 0 Å². The Morgan fingerprint density at radius 3 is 2.95 bits per heavy atom. The van der Waals surface area contributed by atoms with Crippen molar-refractivity contribution >= 4 is 33.1 Å². The van der Waals surface area contributed by atoms with E-state index in [0.717, 1.165) is 35.5 Å². The zero-order chi connectivity index (χ0) is 14.1. The first-order valence-electron chi connectivity index (χ1n) is 7.15. The lowest BCUT2D eigenvalue weighted by atomic mass is 10.2. The van der Waals surface area contributed by atoms with Crippen molar-refractivity contribution in [2.24, 2.45) is 0 Å². The number of hydrogen-bond donors (Lipinski definition) is 1. The molecule has 2 aromatic heterocycles. The van der Waals surface area contributed by atoms with Crippen molar-refractivity contribution in [1.82, 2.24) is 9.97 Å². The van der Waals surface area contributed by atoms with E-state index in [1.807, 2.05) is 0 Å². The van der Waals surface area contributed by atoms with Crippen molar-refractivity contribution in [2.75, 3.05) is 23.3 Å². The maximum atomic E-state index is 4.41. The van der Waals surface area contributed by atoms with Gasteiger partial charge in [-0.25, -0.2) is 9.97 Å². The van der Waals surface area contributed by atoms with Crippen molar-refractivity contribution in [3.63, 3.8) is 0 Å². The predicted molar refractivity (Wildman–Crippen MR) is 88.1 cm³/mol. The third kappa shape index (κ3) is 2.45. The second-order valence-electron chi connectivity index (χ2n) is 5.27. The molecular weight excluding hydrogens is 280 g/mol. The van der Waals surface area contributed by atoms with Crippen molar-refractivity contribution < 1.29 is 0 Å². The summed E-state index contributed by atoms with van der Waals surface area (Å²) < 4.78 is 0. The monoisotopic (exact) mass is 296 g/mol. The molecular formula is C16H16N4S. The molecule has 1 unspecified atom stereocenters. The number of nitrogens with one attached hydrogen (secondary N) is 1. The summed E-state index contributed by atoms with van der Waals surface area (Å²) in [5.41, 5.74) is 1.30. The Morgan fingerprint density at radius 1 is 1.14 bits per heavy atom. The van der Waals surface area contributed by atoms with Gasteiger partial charge in [0.1, 0.15) is 17.0 Å². The van der Waals surface area contributed by atoms with Gasteiger partial charge in [-0.3, -0.25) is 0 Å². The van der Waals surface area contributed by atoms with E-state index in [4.69, 9.17) is 0 Å². The average Bonchev–Trinajstić information content (AvgIpc) is 3.17. The molecule has 21 heavy (non-hydrogen) atoms. The summed E-state index contributed by atoms with van der Waals surface area (Å²) in [5, 5.41) is 6.77. The van der Waals surface area contributed by atoms with Gasteiger partial charge in [-0.2, -0.15) is 0 Å². The Hall–Kier alpha value is -2.14. The first kappa shape index (κ1) is 12.6. The van der Waals surface area contributed by atoms with E-state index >= 15 is 0 Å². The van der Waals surface area contributed by atoms with Crippen molar-refractivity contribution in [3.05, 3.63) is 48.1 Å². The fraction of sp³-hybridized carbons (Fsp3) is 0.250. The van der Waals surface area contributed by atoms with Crippen LogP contribution in [-0.4, -0.2) is 29.1 Å². The number of aromatic nitrogens is 2. The number of fused-ring (bicyclic) bond motifs is 1. The fourth-order valence-electron chi connectivity index (χ4n) is 2.85. The number of para-hydroxylation sites is 1. The van der Waals surface area contributed by atoms with Gasteiger partial charge >= 0.3 is 0 Å². The predicted octanol–water partition coefficient (Wildman–Crippen LogP) is 3.38. The maximum absolute atomic E-state index is 4.41. The molecule has 1 aliphatic heterocycles. The Labute approximate surface area is 127 Å². The molecule has 0 radical (unpaired) electrons. The number of anilines is 2. The van der Waals surface area contributed by atoms with E-state index in [0.29, 0.717) is 6.04 Å². The number of nitrogens with zero attached hydrogens (tertiary/aromatic N) is 3. The quantitative estimate of drug-likeness (QED) is 0.804. The molecule has 4 nitrogen and oxygen atoms in total. The summed E-state index contributed by atoms with van der Waals surface area (Å²) in [6.45, 7) is 2.10. The lowest BCUT2D eigenvalue weighted by Gasteiger charge is -2.19. The first-order chi connectivity index (χ1) is 10.4. The summed E-state index contributed by atoms with van der Waals surface area (Å²) in [7, 11) is 0. The minimum absolute atomic E-state index is 0.434. The van der Waals surface area contributed by atoms with E-state index in [2.05, 4.69) is 62.0 Å². The molecule has 0 amide bonds. The Bertz CT molecular complexity index is 740. The largest absolute Gasteiger partial charge is 0.369 e. The second kappa shape index (κ2) is 5.33. The van der Waals surface area contributed by atoms with Gasteiger partial charge in [0.2, 0.25) is 0 Å². The Kier molecular flexibility index (Phi) is 3.20. The second-order valence-corrected chi connectivity index (χ2v) is 6.17. The summed E-state index contributed by atoms with van der Waals surface area (Å²) in [4.78, 5) is 12.2. The highest BCUT2D eigenvalue weighted by Gasteiger charge is 2.23. The van der Waals surface area contributed by atoms with Crippen LogP contribution in [0.4, 0.5) is 11.5 Å². The molecule has 1 atom stereocenters. The van der Waals surface area contributed by atoms with Crippen molar-refractivity contribution in [1.29, 1.82) is 0 Å². The van der Waals surface area contributed by atoms with Gasteiger partial charge in [0.15, 0.2) is 0 Å². The van der Waals surface area contributed by atoms with E-state index in [1.165, 1.54) is 5.69 Å². The van der Waals surface area contributed by atoms with E-state index in [9.17, 15) is 0 Å². The average molecular weight is 296 g/mol. The molecule has 1 saturated heterocycles. The first-order valence-corrected chi connectivity index (χ1v) is 8.03. The lowest BCUT2D eigenvalue weighted by molar-refractivity contribution is 0.802. The van der Waals surface area contributed by atoms with Crippen LogP contribution in [0.3, 0.4) is 0 Å². The summed E-state index contributed by atoms with van der Waals surface area (Å²) >= 11 is 1.66. The molecule has 1 N–H and O–H groups in total. The van der Waals surface area contributed by atoms with Crippen LogP contribution in [-0.2, 0) is 0 Å². The molecule has 3 aromatic rings. The van der Waals surface area contributed by atoms with Gasteiger partial charge in [0.25, 0.3) is 0 Å². The van der Waals surface area contributed by atoms with Crippen LogP contribution < -0.4 is 10.2 Å². The van der Waals surface area contributed by atoms with Crippen LogP contribution in [0.1, 0.15) is 6.42 Å². The number of hydrogen-bond acceptors (Lipinski definition) is 5. The topological polar surface area (TPSA) is 41.0 Å². The maximum Gasteiger partial charge on any atom is 0.138 e. The molecule has 1 aromatic carbocycles. The fourth-order valence-corrected chi connectivity index (χ4v) is 3.58. The third-order valence-electron chi connectivity index (χ3n) is 3.91. The molecule has 0 aliphatic carbocycles.